The molecular formula is C24H28N2O3S. The number of aryl methyl sites for hydroxylation is 1. The van der Waals surface area contributed by atoms with Gasteiger partial charge in [0.2, 0.25) is 0 Å². The van der Waals surface area contributed by atoms with E-state index >= 15 is 0 Å². The molecule has 6 heteroatoms. The zero-order valence-corrected chi connectivity index (χ0v) is 18.6. The molecule has 1 N–H and O–H groups in total. The molecule has 158 valence electrons. The van der Waals surface area contributed by atoms with Crippen molar-refractivity contribution in [2.45, 2.75) is 50.8 Å². The molecule has 5 nitrogen and oxygen atoms in total. The lowest BCUT2D eigenvalue weighted by Gasteiger charge is -2.21. The summed E-state index contributed by atoms with van der Waals surface area (Å²) in [6.45, 7) is 7.75. The molecule has 0 unspecified atom stereocenters. The van der Waals surface area contributed by atoms with Gasteiger partial charge in [-0.25, -0.2) is 0 Å². The number of benzene rings is 2. The smallest absolute Gasteiger partial charge is 0.297 e. The van der Waals surface area contributed by atoms with Gasteiger partial charge in [-0.2, -0.15) is 8.42 Å². The Labute approximate surface area is 179 Å². The van der Waals surface area contributed by atoms with Crippen molar-refractivity contribution < 1.29 is 12.6 Å². The van der Waals surface area contributed by atoms with Crippen molar-refractivity contribution in [2.75, 3.05) is 0 Å². The van der Waals surface area contributed by atoms with E-state index in [1.54, 1.807) is 37.3 Å². The summed E-state index contributed by atoms with van der Waals surface area (Å²) in [5.41, 5.74) is 3.59. The SMILES string of the molecule is Cc1ccc(S(=O)(=O)O[C@H](C)c2cccc([C@@H](C)N[C@@H](C)c3ccccc3)n2)cc1. The van der Waals surface area contributed by atoms with Crippen LogP contribution in [-0.2, 0) is 14.3 Å². The van der Waals surface area contributed by atoms with Crippen LogP contribution in [0.15, 0.2) is 77.7 Å². The van der Waals surface area contributed by atoms with Gasteiger partial charge in [-0.1, -0.05) is 54.1 Å². The Morgan fingerprint density at radius 2 is 1.43 bits per heavy atom. The number of pyridine rings is 1. The van der Waals surface area contributed by atoms with Crippen LogP contribution in [0.3, 0.4) is 0 Å². The first-order valence-electron chi connectivity index (χ1n) is 10.0. The fourth-order valence-corrected chi connectivity index (χ4v) is 4.29. The van der Waals surface area contributed by atoms with Crippen LogP contribution in [0.2, 0.25) is 0 Å². The van der Waals surface area contributed by atoms with Crippen molar-refractivity contribution in [3.05, 3.63) is 95.3 Å². The van der Waals surface area contributed by atoms with Crippen LogP contribution in [0.1, 0.15) is 61.5 Å². The highest BCUT2D eigenvalue weighted by Crippen LogP contribution is 2.24. The van der Waals surface area contributed by atoms with Gasteiger partial charge < -0.3 is 5.32 Å². The minimum absolute atomic E-state index is 0.0129. The van der Waals surface area contributed by atoms with E-state index in [0.29, 0.717) is 5.69 Å². The molecule has 3 aromatic rings. The van der Waals surface area contributed by atoms with Gasteiger partial charge in [0.1, 0.15) is 6.10 Å². The Morgan fingerprint density at radius 1 is 0.800 bits per heavy atom. The Bertz CT molecular complexity index is 1070. The lowest BCUT2D eigenvalue weighted by Crippen LogP contribution is -2.23. The first-order valence-corrected chi connectivity index (χ1v) is 11.4. The predicted molar refractivity (Wildman–Crippen MR) is 119 cm³/mol. The summed E-state index contributed by atoms with van der Waals surface area (Å²) in [6.07, 6.45) is -0.699. The molecule has 0 saturated heterocycles. The van der Waals surface area contributed by atoms with Gasteiger partial charge >= 0.3 is 0 Å². The van der Waals surface area contributed by atoms with Crippen molar-refractivity contribution in [3.63, 3.8) is 0 Å². The highest BCUT2D eigenvalue weighted by Gasteiger charge is 2.22. The molecule has 0 amide bonds. The van der Waals surface area contributed by atoms with Crippen molar-refractivity contribution >= 4 is 10.1 Å². The molecule has 0 aliphatic rings. The van der Waals surface area contributed by atoms with E-state index in [1.807, 2.05) is 44.2 Å². The normalized spacial score (nSPS) is 14.8. The maximum Gasteiger partial charge on any atom is 0.297 e. The van der Waals surface area contributed by atoms with Crippen LogP contribution in [0, 0.1) is 6.92 Å². The van der Waals surface area contributed by atoms with Crippen molar-refractivity contribution in [2.24, 2.45) is 0 Å². The summed E-state index contributed by atoms with van der Waals surface area (Å²) >= 11 is 0. The molecular weight excluding hydrogens is 396 g/mol. The first kappa shape index (κ1) is 22.2. The average molecular weight is 425 g/mol. The zero-order chi connectivity index (χ0) is 21.7. The van der Waals surface area contributed by atoms with Gasteiger partial charge in [-0.05, 0) is 57.5 Å². The van der Waals surface area contributed by atoms with E-state index in [0.717, 1.165) is 11.3 Å². The lowest BCUT2D eigenvalue weighted by atomic mass is 10.1. The Hall–Kier alpha value is -2.54. The summed E-state index contributed by atoms with van der Waals surface area (Å²) in [4.78, 5) is 4.80. The third kappa shape index (κ3) is 5.53. The first-order chi connectivity index (χ1) is 14.3. The van der Waals surface area contributed by atoms with Gasteiger partial charge in [0.15, 0.2) is 0 Å². The average Bonchev–Trinajstić information content (AvgIpc) is 2.74. The minimum Gasteiger partial charge on any atom is -0.302 e. The molecule has 0 aliphatic carbocycles. The molecule has 1 heterocycles. The molecule has 0 bridgehead atoms. The molecule has 0 aliphatic heterocycles. The van der Waals surface area contributed by atoms with Gasteiger partial charge in [0.05, 0.1) is 16.3 Å². The molecule has 30 heavy (non-hydrogen) atoms. The molecule has 0 saturated carbocycles. The second kappa shape index (κ2) is 9.51. The summed E-state index contributed by atoms with van der Waals surface area (Å²) in [5.74, 6) is 0. The van der Waals surface area contributed by atoms with Gasteiger partial charge in [-0.15, -0.1) is 0 Å². The molecule has 0 radical (unpaired) electrons. The summed E-state index contributed by atoms with van der Waals surface area (Å²) in [6, 6.07) is 22.5. The minimum atomic E-state index is -3.87. The third-order valence-corrected chi connectivity index (χ3v) is 6.42. The summed E-state index contributed by atoms with van der Waals surface area (Å²) in [7, 11) is -3.87. The van der Waals surface area contributed by atoms with Crippen LogP contribution in [0.4, 0.5) is 0 Å². The number of rotatable bonds is 8. The van der Waals surface area contributed by atoms with Crippen LogP contribution < -0.4 is 5.32 Å². The fourth-order valence-electron chi connectivity index (χ4n) is 3.23. The Morgan fingerprint density at radius 3 is 2.10 bits per heavy atom. The molecule has 2 aromatic carbocycles. The maximum atomic E-state index is 12.6. The van der Waals surface area contributed by atoms with Gasteiger partial charge in [-0.3, -0.25) is 9.17 Å². The number of aromatic nitrogens is 1. The summed E-state index contributed by atoms with van der Waals surface area (Å²) < 4.78 is 30.6. The van der Waals surface area contributed by atoms with Crippen LogP contribution >= 0.6 is 0 Å². The van der Waals surface area contributed by atoms with Crippen molar-refractivity contribution in [1.82, 2.24) is 10.3 Å². The number of hydrogen-bond acceptors (Lipinski definition) is 5. The van der Waals surface area contributed by atoms with E-state index in [2.05, 4.69) is 29.4 Å². The Kier molecular flexibility index (Phi) is 7.02. The summed E-state index contributed by atoms with van der Waals surface area (Å²) in [5, 5.41) is 3.54. The van der Waals surface area contributed by atoms with Crippen molar-refractivity contribution in [3.8, 4) is 0 Å². The van der Waals surface area contributed by atoms with Crippen LogP contribution in [-0.4, -0.2) is 13.4 Å². The van der Waals surface area contributed by atoms with Crippen LogP contribution in [0.25, 0.3) is 0 Å². The molecule has 3 rings (SSSR count). The number of nitrogens with zero attached hydrogens (tertiary/aromatic N) is 1. The molecule has 1 aromatic heterocycles. The number of hydrogen-bond donors (Lipinski definition) is 1. The fraction of sp³-hybridized carbons (Fsp3) is 0.292. The van der Waals surface area contributed by atoms with Crippen molar-refractivity contribution in [1.29, 1.82) is 0 Å². The van der Waals surface area contributed by atoms with Gasteiger partial charge in [0, 0.05) is 12.1 Å². The predicted octanol–water partition coefficient (Wildman–Crippen LogP) is 5.27. The zero-order valence-electron chi connectivity index (χ0n) is 17.7. The monoisotopic (exact) mass is 424 g/mol. The second-order valence-electron chi connectivity index (χ2n) is 7.51. The highest BCUT2D eigenvalue weighted by molar-refractivity contribution is 7.86. The van der Waals surface area contributed by atoms with Crippen LogP contribution in [0.5, 0.6) is 0 Å². The lowest BCUT2D eigenvalue weighted by molar-refractivity contribution is 0.228. The second-order valence-corrected chi connectivity index (χ2v) is 9.09. The maximum absolute atomic E-state index is 12.6. The quantitative estimate of drug-likeness (QED) is 0.499. The molecule has 3 atom stereocenters. The molecule has 0 spiro atoms. The largest absolute Gasteiger partial charge is 0.302 e. The van der Waals surface area contributed by atoms with E-state index in [9.17, 15) is 8.42 Å². The van der Waals surface area contributed by atoms with E-state index in [1.165, 1.54) is 5.56 Å². The van der Waals surface area contributed by atoms with E-state index < -0.39 is 16.2 Å². The number of nitrogens with one attached hydrogen (secondary N) is 1. The van der Waals surface area contributed by atoms with E-state index in [4.69, 9.17) is 4.18 Å². The third-order valence-electron chi connectivity index (χ3n) is 5.03. The van der Waals surface area contributed by atoms with Gasteiger partial charge in [0.25, 0.3) is 10.1 Å². The molecule has 0 fully saturated rings. The van der Waals surface area contributed by atoms with E-state index in [-0.39, 0.29) is 17.0 Å². The highest BCUT2D eigenvalue weighted by atomic mass is 32.2. The standard InChI is InChI=1S/C24H28N2O3S/c1-17-13-15-22(16-14-17)30(27,28)29-20(4)24-12-8-11-23(26-24)19(3)25-18(2)21-9-6-5-7-10-21/h5-16,18-20,25H,1-4H3/t18-,19+,20+/m0/s1. The topological polar surface area (TPSA) is 68.3 Å². The Balaban J connectivity index is 1.71.